The quantitative estimate of drug-likeness (QED) is 0.185. The predicted octanol–water partition coefficient (Wildman–Crippen LogP) is 5.38. The summed E-state index contributed by atoms with van der Waals surface area (Å²) in [6.45, 7) is 6.26. The van der Waals surface area contributed by atoms with Crippen molar-refractivity contribution in [2.45, 2.75) is 6.92 Å². The van der Waals surface area contributed by atoms with Gasteiger partial charge in [0.05, 0.1) is 27.6 Å². The lowest BCUT2D eigenvalue weighted by Gasteiger charge is -2.14. The molecule has 0 aliphatic carbocycles. The number of ether oxygens (including phenoxy) is 2. The SMILES string of the molecule is C=CCOc1c(Br)cc(/C=C(/C#N)c2cccc([N+](=O)[O-])c2)cc1OCC. The highest BCUT2D eigenvalue weighted by atomic mass is 79.9. The van der Waals surface area contributed by atoms with Crippen molar-refractivity contribution in [3.8, 4) is 17.6 Å². The molecule has 0 aliphatic heterocycles. The van der Waals surface area contributed by atoms with E-state index in [-0.39, 0.29) is 5.69 Å². The lowest BCUT2D eigenvalue weighted by atomic mass is 10.0. The number of non-ortho nitro benzene ring substituents is 1. The lowest BCUT2D eigenvalue weighted by molar-refractivity contribution is -0.384. The van der Waals surface area contributed by atoms with Crippen LogP contribution >= 0.6 is 15.9 Å². The summed E-state index contributed by atoms with van der Waals surface area (Å²) in [5.41, 5.74) is 1.39. The molecule has 0 saturated heterocycles. The van der Waals surface area contributed by atoms with Gasteiger partial charge in [0.1, 0.15) is 6.61 Å². The second-order valence-corrected chi connectivity index (χ2v) is 6.19. The molecule has 0 aliphatic rings. The number of nitro benzene ring substituents is 1. The van der Waals surface area contributed by atoms with Crippen LogP contribution in [0.15, 0.2) is 53.5 Å². The third-order valence-corrected chi connectivity index (χ3v) is 4.07. The van der Waals surface area contributed by atoms with Gasteiger partial charge in [-0.25, -0.2) is 0 Å². The molecule has 0 atom stereocenters. The van der Waals surface area contributed by atoms with Crippen LogP contribution in [0.1, 0.15) is 18.1 Å². The van der Waals surface area contributed by atoms with Gasteiger partial charge in [-0.1, -0.05) is 24.8 Å². The summed E-state index contributed by atoms with van der Waals surface area (Å²) in [5, 5.41) is 20.5. The molecule has 0 spiro atoms. The van der Waals surface area contributed by atoms with Crippen LogP contribution in [-0.4, -0.2) is 18.1 Å². The van der Waals surface area contributed by atoms with Crippen LogP contribution in [0.3, 0.4) is 0 Å². The first-order valence-electron chi connectivity index (χ1n) is 8.06. The monoisotopic (exact) mass is 428 g/mol. The minimum Gasteiger partial charge on any atom is -0.490 e. The van der Waals surface area contributed by atoms with Crippen molar-refractivity contribution in [2.24, 2.45) is 0 Å². The summed E-state index contributed by atoms with van der Waals surface area (Å²) in [6, 6.07) is 11.6. The normalized spacial score (nSPS) is 10.8. The number of halogens is 1. The third kappa shape index (κ3) is 5.19. The second-order valence-electron chi connectivity index (χ2n) is 5.34. The maximum atomic E-state index is 11.0. The fourth-order valence-electron chi connectivity index (χ4n) is 2.35. The van der Waals surface area contributed by atoms with Gasteiger partial charge in [-0.15, -0.1) is 0 Å². The number of allylic oxidation sites excluding steroid dienone is 1. The summed E-state index contributed by atoms with van der Waals surface area (Å²) < 4.78 is 11.9. The Morgan fingerprint density at radius 1 is 1.37 bits per heavy atom. The van der Waals surface area contributed by atoms with Crippen LogP contribution in [0.4, 0.5) is 5.69 Å². The number of hydrogen-bond acceptors (Lipinski definition) is 5. The van der Waals surface area contributed by atoms with E-state index in [4.69, 9.17) is 9.47 Å². The Kier molecular flexibility index (Phi) is 7.15. The zero-order chi connectivity index (χ0) is 19.8. The van der Waals surface area contributed by atoms with Gasteiger partial charge in [-0.05, 0) is 52.2 Å². The molecule has 138 valence electrons. The minimum atomic E-state index is -0.492. The Morgan fingerprint density at radius 2 is 2.15 bits per heavy atom. The van der Waals surface area contributed by atoms with Gasteiger partial charge < -0.3 is 9.47 Å². The molecular weight excluding hydrogens is 412 g/mol. The fraction of sp³-hybridized carbons (Fsp3) is 0.150. The molecule has 2 rings (SSSR count). The van der Waals surface area contributed by atoms with Crippen molar-refractivity contribution in [3.63, 3.8) is 0 Å². The van der Waals surface area contributed by atoms with Gasteiger partial charge >= 0.3 is 0 Å². The van der Waals surface area contributed by atoms with Crippen molar-refractivity contribution in [2.75, 3.05) is 13.2 Å². The number of nitrogens with zero attached hydrogens (tertiary/aromatic N) is 2. The molecule has 0 unspecified atom stereocenters. The zero-order valence-corrected chi connectivity index (χ0v) is 16.2. The van der Waals surface area contributed by atoms with E-state index in [1.807, 2.05) is 6.92 Å². The van der Waals surface area contributed by atoms with Crippen molar-refractivity contribution in [1.82, 2.24) is 0 Å². The number of nitriles is 1. The standard InChI is InChI=1S/C20H17BrN2O4/c1-3-8-27-20-18(21)10-14(11-19(20)26-4-2)9-16(13-22)15-6-5-7-17(12-15)23(24)25/h3,5-7,9-12H,1,4,8H2,2H3/b16-9-. The molecule has 0 N–H and O–H groups in total. The number of nitro groups is 1. The van der Waals surface area contributed by atoms with Crippen LogP contribution in [-0.2, 0) is 0 Å². The second kappa shape index (κ2) is 9.55. The van der Waals surface area contributed by atoms with Crippen molar-refractivity contribution in [1.29, 1.82) is 5.26 Å². The van der Waals surface area contributed by atoms with E-state index < -0.39 is 4.92 Å². The van der Waals surface area contributed by atoms with Gasteiger partial charge in [0, 0.05) is 12.1 Å². The molecule has 0 radical (unpaired) electrons. The van der Waals surface area contributed by atoms with Gasteiger partial charge in [0.15, 0.2) is 11.5 Å². The average Bonchev–Trinajstić information content (AvgIpc) is 2.66. The summed E-state index contributed by atoms with van der Waals surface area (Å²) in [5.74, 6) is 1.07. The molecule has 0 saturated carbocycles. The van der Waals surface area contributed by atoms with E-state index >= 15 is 0 Å². The van der Waals surface area contributed by atoms with Crippen molar-refractivity contribution >= 4 is 33.3 Å². The van der Waals surface area contributed by atoms with Crippen LogP contribution in [0.5, 0.6) is 11.5 Å². The zero-order valence-electron chi connectivity index (χ0n) is 14.6. The fourth-order valence-corrected chi connectivity index (χ4v) is 2.92. The lowest BCUT2D eigenvalue weighted by Crippen LogP contribution is -2.00. The summed E-state index contributed by atoms with van der Waals surface area (Å²) >= 11 is 3.46. The van der Waals surface area contributed by atoms with Crippen LogP contribution in [0, 0.1) is 21.4 Å². The number of hydrogen-bond donors (Lipinski definition) is 0. The maximum absolute atomic E-state index is 11.0. The molecular formula is C20H17BrN2O4. The smallest absolute Gasteiger partial charge is 0.270 e. The number of rotatable bonds is 8. The van der Waals surface area contributed by atoms with E-state index in [0.29, 0.717) is 45.9 Å². The highest BCUT2D eigenvalue weighted by molar-refractivity contribution is 9.10. The van der Waals surface area contributed by atoms with Gasteiger partial charge in [-0.3, -0.25) is 10.1 Å². The molecule has 2 aromatic carbocycles. The highest BCUT2D eigenvalue weighted by Gasteiger charge is 2.13. The van der Waals surface area contributed by atoms with E-state index in [1.54, 1.807) is 36.4 Å². The van der Waals surface area contributed by atoms with Gasteiger partial charge in [-0.2, -0.15) is 5.26 Å². The van der Waals surface area contributed by atoms with Crippen LogP contribution in [0.2, 0.25) is 0 Å². The van der Waals surface area contributed by atoms with Crippen LogP contribution < -0.4 is 9.47 Å². The molecule has 7 heteroatoms. The number of benzene rings is 2. The molecule has 0 aromatic heterocycles. The van der Waals surface area contributed by atoms with E-state index in [9.17, 15) is 15.4 Å². The van der Waals surface area contributed by atoms with Gasteiger partial charge in [0.2, 0.25) is 0 Å². The van der Waals surface area contributed by atoms with E-state index in [1.165, 1.54) is 12.1 Å². The summed E-state index contributed by atoms with van der Waals surface area (Å²) in [4.78, 5) is 10.5. The average molecular weight is 429 g/mol. The molecule has 6 nitrogen and oxygen atoms in total. The Labute approximate surface area is 165 Å². The highest BCUT2D eigenvalue weighted by Crippen LogP contribution is 2.38. The molecule has 0 fully saturated rings. The molecule has 0 bridgehead atoms. The molecule has 27 heavy (non-hydrogen) atoms. The maximum Gasteiger partial charge on any atom is 0.270 e. The molecule has 0 amide bonds. The molecule has 0 heterocycles. The predicted molar refractivity (Wildman–Crippen MR) is 108 cm³/mol. The summed E-state index contributed by atoms with van der Waals surface area (Å²) in [6.07, 6.45) is 3.27. The first-order valence-corrected chi connectivity index (χ1v) is 8.86. The van der Waals surface area contributed by atoms with E-state index in [2.05, 4.69) is 28.6 Å². The first-order chi connectivity index (χ1) is 13.0. The topological polar surface area (TPSA) is 85.4 Å². The Bertz CT molecular complexity index is 932. The van der Waals surface area contributed by atoms with Crippen molar-refractivity contribution in [3.05, 3.63) is 74.8 Å². The Morgan fingerprint density at radius 3 is 2.78 bits per heavy atom. The third-order valence-electron chi connectivity index (χ3n) is 3.48. The molecule has 2 aromatic rings. The van der Waals surface area contributed by atoms with Gasteiger partial charge in [0.25, 0.3) is 5.69 Å². The Hall–Kier alpha value is -3.11. The first kappa shape index (κ1) is 20.2. The minimum absolute atomic E-state index is 0.0713. The summed E-state index contributed by atoms with van der Waals surface area (Å²) in [7, 11) is 0. The van der Waals surface area contributed by atoms with Crippen LogP contribution in [0.25, 0.3) is 11.6 Å². The Balaban J connectivity index is 2.49. The van der Waals surface area contributed by atoms with Crippen molar-refractivity contribution < 1.29 is 14.4 Å². The largest absolute Gasteiger partial charge is 0.490 e. The van der Waals surface area contributed by atoms with E-state index in [0.717, 1.165) is 0 Å².